The fourth-order valence-electron chi connectivity index (χ4n) is 2.56. The third-order valence-corrected chi connectivity index (χ3v) is 3.85. The van der Waals surface area contributed by atoms with Gasteiger partial charge in [0.25, 0.3) is 0 Å². The maximum absolute atomic E-state index is 13.0. The number of nitriles is 1. The molecule has 2 aromatic heterocycles. The van der Waals surface area contributed by atoms with Gasteiger partial charge in [-0.2, -0.15) is 31.6 Å². The fourth-order valence-corrected chi connectivity index (χ4v) is 2.56. The van der Waals surface area contributed by atoms with Crippen LogP contribution in [0.3, 0.4) is 0 Å². The van der Waals surface area contributed by atoms with Crippen LogP contribution >= 0.6 is 0 Å². The van der Waals surface area contributed by atoms with Crippen molar-refractivity contribution in [1.82, 2.24) is 9.97 Å². The van der Waals surface area contributed by atoms with E-state index in [0.29, 0.717) is 5.56 Å². The van der Waals surface area contributed by atoms with Gasteiger partial charge < -0.3 is 9.84 Å². The second-order valence-corrected chi connectivity index (χ2v) is 5.71. The lowest BCUT2D eigenvalue weighted by atomic mass is 9.88. The van der Waals surface area contributed by atoms with E-state index in [0.717, 1.165) is 0 Å². The van der Waals surface area contributed by atoms with Crippen molar-refractivity contribution in [1.29, 1.82) is 5.26 Å². The molecule has 28 heavy (non-hydrogen) atoms. The molecule has 5 nitrogen and oxygen atoms in total. The second-order valence-electron chi connectivity index (χ2n) is 5.71. The Morgan fingerprint density at radius 2 is 1.64 bits per heavy atom. The molecule has 0 radical (unpaired) electrons. The Balaban J connectivity index is 2.53. The zero-order valence-corrected chi connectivity index (χ0v) is 14.2. The van der Waals surface area contributed by atoms with Gasteiger partial charge in [0.05, 0.1) is 12.2 Å². The molecule has 3 atom stereocenters. The predicted octanol–water partition coefficient (Wildman–Crippen LogP) is 4.08. The van der Waals surface area contributed by atoms with Crippen molar-refractivity contribution in [3.8, 4) is 6.07 Å². The summed E-state index contributed by atoms with van der Waals surface area (Å²) in [6, 6.07) is 5.23. The number of aromatic nitrogens is 2. The van der Waals surface area contributed by atoms with Crippen LogP contribution in [0.15, 0.2) is 36.7 Å². The Kier molecular flexibility index (Phi) is 6.26. The Morgan fingerprint density at radius 3 is 2.04 bits per heavy atom. The van der Waals surface area contributed by atoms with E-state index < -0.39 is 47.4 Å². The average molecular weight is 405 g/mol. The van der Waals surface area contributed by atoms with E-state index in [2.05, 4.69) is 9.97 Å². The van der Waals surface area contributed by atoms with Gasteiger partial charge in [0.1, 0.15) is 23.4 Å². The number of rotatable bonds is 5. The van der Waals surface area contributed by atoms with Gasteiger partial charge in [-0.25, -0.2) is 4.98 Å². The molecule has 0 aliphatic heterocycles. The highest BCUT2D eigenvalue weighted by Crippen LogP contribution is 2.39. The molecule has 150 valence electrons. The summed E-state index contributed by atoms with van der Waals surface area (Å²) in [5.41, 5.74) is -4.10. The van der Waals surface area contributed by atoms with Gasteiger partial charge in [0, 0.05) is 25.1 Å². The molecule has 0 amide bonds. The fraction of sp³-hybridized carbons (Fsp3) is 0.353. The van der Waals surface area contributed by atoms with E-state index in [1.165, 1.54) is 31.6 Å². The first-order valence-corrected chi connectivity index (χ1v) is 7.65. The number of nitrogens with zero attached hydrogens (tertiary/aromatic N) is 3. The van der Waals surface area contributed by atoms with Crippen LogP contribution in [-0.4, -0.2) is 22.2 Å². The van der Waals surface area contributed by atoms with E-state index in [4.69, 9.17) is 4.74 Å². The lowest BCUT2D eigenvalue weighted by molar-refractivity contribution is -0.150. The number of aliphatic hydroxyl groups is 1. The van der Waals surface area contributed by atoms with E-state index in [1.54, 1.807) is 6.07 Å². The normalized spacial score (nSPS) is 15.5. The highest BCUT2D eigenvalue weighted by molar-refractivity contribution is 5.29. The third-order valence-electron chi connectivity index (χ3n) is 3.85. The van der Waals surface area contributed by atoms with Crippen LogP contribution < -0.4 is 0 Å². The number of aliphatic hydroxyl groups excluding tert-OH is 1. The first kappa shape index (κ1) is 21.6. The minimum Gasteiger partial charge on any atom is -0.387 e. The number of ether oxygens (including phenoxy) is 1. The van der Waals surface area contributed by atoms with Gasteiger partial charge in [-0.3, -0.25) is 4.98 Å². The summed E-state index contributed by atoms with van der Waals surface area (Å²) in [4.78, 5) is 6.40. The maximum Gasteiger partial charge on any atom is 0.433 e. The molecule has 0 bridgehead atoms. The van der Waals surface area contributed by atoms with Crippen molar-refractivity contribution in [3.05, 3.63) is 59.2 Å². The minimum atomic E-state index is -5.18. The van der Waals surface area contributed by atoms with Gasteiger partial charge in [-0.1, -0.05) is 6.07 Å². The van der Waals surface area contributed by atoms with Crippen molar-refractivity contribution >= 4 is 0 Å². The predicted molar refractivity (Wildman–Crippen MR) is 82.3 cm³/mol. The second kappa shape index (κ2) is 8.12. The highest BCUT2D eigenvalue weighted by atomic mass is 19.4. The van der Waals surface area contributed by atoms with Gasteiger partial charge in [0.2, 0.25) is 0 Å². The molecule has 0 fully saturated rings. The minimum absolute atomic E-state index is 0.278. The van der Waals surface area contributed by atoms with Gasteiger partial charge in [0.15, 0.2) is 0 Å². The standard InChI is InChI=1S/C17H13F6N3O2/c1-28-15(9-3-2-4-25-8-9)11(7-24)14(27)10-5-12(16(18,19)20)26-13(6-10)17(21,22)23/h2-6,8,11,14-15,27H,1H3. The number of alkyl halides is 6. The highest BCUT2D eigenvalue weighted by Gasteiger charge is 2.41. The van der Waals surface area contributed by atoms with Crippen molar-refractivity contribution in [2.75, 3.05) is 7.11 Å². The van der Waals surface area contributed by atoms with Crippen LogP contribution in [0.2, 0.25) is 0 Å². The Bertz CT molecular complexity index is 816. The van der Waals surface area contributed by atoms with Crippen LogP contribution in [0.4, 0.5) is 26.3 Å². The van der Waals surface area contributed by atoms with E-state index in [9.17, 15) is 36.7 Å². The Hall–Kier alpha value is -2.71. The lowest BCUT2D eigenvalue weighted by Crippen LogP contribution is -2.23. The van der Waals surface area contributed by atoms with Crippen LogP contribution in [-0.2, 0) is 17.1 Å². The SMILES string of the molecule is COC(c1cccnc1)C(C#N)C(O)c1cc(C(F)(F)F)nc(C(F)(F)F)c1. The molecule has 0 spiro atoms. The molecule has 0 aliphatic carbocycles. The molecular weight excluding hydrogens is 392 g/mol. The molecule has 0 aliphatic rings. The van der Waals surface area contributed by atoms with Crippen molar-refractivity contribution in [2.45, 2.75) is 24.6 Å². The van der Waals surface area contributed by atoms with Gasteiger partial charge >= 0.3 is 12.4 Å². The molecule has 2 rings (SSSR count). The molecule has 1 N–H and O–H groups in total. The number of pyridine rings is 2. The van der Waals surface area contributed by atoms with Crippen molar-refractivity contribution in [2.24, 2.45) is 5.92 Å². The maximum atomic E-state index is 13.0. The third kappa shape index (κ3) is 4.76. The van der Waals surface area contributed by atoms with Crippen LogP contribution in [0.1, 0.15) is 34.7 Å². The van der Waals surface area contributed by atoms with Gasteiger partial charge in [-0.05, 0) is 23.8 Å². The summed E-state index contributed by atoms with van der Waals surface area (Å²) in [5.74, 6) is -1.52. The van der Waals surface area contributed by atoms with Crippen molar-refractivity contribution in [3.63, 3.8) is 0 Å². The van der Waals surface area contributed by atoms with E-state index in [-0.39, 0.29) is 12.1 Å². The van der Waals surface area contributed by atoms with Crippen LogP contribution in [0.5, 0.6) is 0 Å². The number of methoxy groups -OCH3 is 1. The molecule has 0 saturated heterocycles. The number of halogens is 6. The average Bonchev–Trinajstić information content (AvgIpc) is 2.64. The summed E-state index contributed by atoms with van der Waals surface area (Å²) in [6.45, 7) is 0. The van der Waals surface area contributed by atoms with E-state index >= 15 is 0 Å². The summed E-state index contributed by atoms with van der Waals surface area (Å²) in [6.07, 6.45) is -10.8. The number of hydrogen-bond acceptors (Lipinski definition) is 5. The van der Waals surface area contributed by atoms with Crippen molar-refractivity contribution < 1.29 is 36.2 Å². The summed E-state index contributed by atoms with van der Waals surface area (Å²) in [5, 5.41) is 19.8. The van der Waals surface area contributed by atoms with Gasteiger partial charge in [-0.15, -0.1) is 0 Å². The Morgan fingerprint density at radius 1 is 1.07 bits per heavy atom. The lowest BCUT2D eigenvalue weighted by Gasteiger charge is -2.26. The molecule has 2 heterocycles. The molecule has 0 saturated carbocycles. The smallest absolute Gasteiger partial charge is 0.387 e. The zero-order chi connectivity index (χ0) is 21.1. The molecule has 0 aromatic carbocycles. The summed E-state index contributed by atoms with van der Waals surface area (Å²) >= 11 is 0. The Labute approximate surface area is 155 Å². The first-order chi connectivity index (χ1) is 13.0. The monoisotopic (exact) mass is 405 g/mol. The first-order valence-electron chi connectivity index (χ1n) is 7.65. The summed E-state index contributed by atoms with van der Waals surface area (Å²) < 4.78 is 82.9. The van der Waals surface area contributed by atoms with Crippen LogP contribution in [0, 0.1) is 17.2 Å². The van der Waals surface area contributed by atoms with Crippen LogP contribution in [0.25, 0.3) is 0 Å². The zero-order valence-electron chi connectivity index (χ0n) is 14.2. The summed E-state index contributed by atoms with van der Waals surface area (Å²) in [7, 11) is 1.18. The molecular formula is C17H13F6N3O2. The quantitative estimate of drug-likeness (QED) is 0.759. The molecule has 3 unspecified atom stereocenters. The van der Waals surface area contributed by atoms with E-state index in [1.807, 2.05) is 0 Å². The number of hydrogen-bond donors (Lipinski definition) is 1. The molecule has 11 heteroatoms. The molecule has 2 aromatic rings. The largest absolute Gasteiger partial charge is 0.433 e. The topological polar surface area (TPSA) is 79.0 Å².